The number of aromatic nitrogens is 3. The SMILES string of the molecule is C#CCOc1ccc(/C=C(\Sc2n[nH]c(-c3cc(OC)cc(OC)c3)n2)C(=O)O)cc1OC. The van der Waals surface area contributed by atoms with Crippen LogP contribution in [-0.2, 0) is 4.79 Å². The molecule has 2 aromatic carbocycles. The molecule has 1 aromatic heterocycles. The van der Waals surface area contributed by atoms with Crippen LogP contribution in [0.25, 0.3) is 17.5 Å². The van der Waals surface area contributed by atoms with Crippen molar-refractivity contribution in [1.82, 2.24) is 15.2 Å². The van der Waals surface area contributed by atoms with Crippen LogP contribution in [0.1, 0.15) is 5.56 Å². The molecule has 0 atom stereocenters. The molecular weight excluding hydrogens is 446 g/mol. The zero-order chi connectivity index (χ0) is 23.8. The monoisotopic (exact) mass is 467 g/mol. The number of ether oxygens (including phenoxy) is 4. The van der Waals surface area contributed by atoms with Crippen LogP contribution in [0.4, 0.5) is 0 Å². The molecule has 1 heterocycles. The summed E-state index contributed by atoms with van der Waals surface area (Å²) in [6.07, 6.45) is 6.71. The van der Waals surface area contributed by atoms with E-state index in [9.17, 15) is 9.90 Å². The van der Waals surface area contributed by atoms with Gasteiger partial charge in [0.05, 0.1) is 21.3 Å². The summed E-state index contributed by atoms with van der Waals surface area (Å²) in [5.74, 6) is 3.77. The van der Waals surface area contributed by atoms with E-state index in [1.165, 1.54) is 13.2 Å². The van der Waals surface area contributed by atoms with E-state index in [0.29, 0.717) is 39.9 Å². The van der Waals surface area contributed by atoms with E-state index in [0.717, 1.165) is 11.8 Å². The molecule has 9 nitrogen and oxygen atoms in total. The van der Waals surface area contributed by atoms with Gasteiger partial charge in [0.15, 0.2) is 17.3 Å². The fraction of sp³-hybridized carbons (Fsp3) is 0.174. The van der Waals surface area contributed by atoms with Gasteiger partial charge in [-0.15, -0.1) is 11.5 Å². The van der Waals surface area contributed by atoms with Gasteiger partial charge in [-0.05, 0) is 47.7 Å². The normalized spacial score (nSPS) is 10.9. The van der Waals surface area contributed by atoms with Crippen LogP contribution in [0.3, 0.4) is 0 Å². The first-order valence-electron chi connectivity index (χ1n) is 9.50. The van der Waals surface area contributed by atoms with Gasteiger partial charge in [0.1, 0.15) is 23.0 Å². The number of rotatable bonds is 10. The van der Waals surface area contributed by atoms with Crippen molar-refractivity contribution in [3.8, 4) is 46.7 Å². The zero-order valence-electron chi connectivity index (χ0n) is 18.1. The summed E-state index contributed by atoms with van der Waals surface area (Å²) in [5.41, 5.74) is 1.27. The minimum atomic E-state index is -1.12. The number of nitrogens with one attached hydrogen (secondary N) is 1. The van der Waals surface area contributed by atoms with Crippen LogP contribution in [-0.4, -0.2) is 54.2 Å². The second-order valence-electron chi connectivity index (χ2n) is 6.39. The highest BCUT2D eigenvalue weighted by Gasteiger charge is 2.16. The molecule has 3 rings (SSSR count). The lowest BCUT2D eigenvalue weighted by Crippen LogP contribution is -1.99. The second-order valence-corrected chi connectivity index (χ2v) is 7.40. The largest absolute Gasteiger partial charge is 0.497 e. The molecule has 10 heteroatoms. The van der Waals surface area contributed by atoms with Gasteiger partial charge in [-0.2, -0.15) is 0 Å². The van der Waals surface area contributed by atoms with E-state index < -0.39 is 5.97 Å². The highest BCUT2D eigenvalue weighted by Crippen LogP contribution is 2.33. The Labute approximate surface area is 194 Å². The maximum atomic E-state index is 11.8. The standard InChI is InChI=1S/C23H21N3O6S/c1-5-8-32-18-7-6-14(9-19(18)31-4)10-20(22(27)28)33-23-24-21(25-26-23)15-11-16(29-2)13-17(12-15)30-3/h1,6-7,9-13H,8H2,2-4H3,(H,27,28)(H,24,25,26)/b20-10-. The van der Waals surface area contributed by atoms with E-state index in [2.05, 4.69) is 21.1 Å². The summed E-state index contributed by atoms with van der Waals surface area (Å²) < 4.78 is 21.3. The third-order valence-corrected chi connectivity index (χ3v) is 5.18. The first-order valence-corrected chi connectivity index (χ1v) is 10.3. The van der Waals surface area contributed by atoms with E-state index in [4.69, 9.17) is 25.4 Å². The fourth-order valence-corrected chi connectivity index (χ4v) is 3.47. The number of methoxy groups -OCH3 is 3. The Balaban J connectivity index is 1.86. The van der Waals surface area contributed by atoms with Crippen molar-refractivity contribution in [2.45, 2.75) is 5.16 Å². The average molecular weight is 468 g/mol. The molecule has 0 amide bonds. The number of H-pyrrole nitrogens is 1. The zero-order valence-corrected chi connectivity index (χ0v) is 18.9. The number of aromatic amines is 1. The number of carboxylic acids is 1. The molecule has 3 aromatic rings. The highest BCUT2D eigenvalue weighted by atomic mass is 32.2. The molecule has 0 spiro atoms. The number of carboxylic acid groups (broad SMARTS) is 1. The minimum Gasteiger partial charge on any atom is -0.497 e. The molecule has 0 fully saturated rings. The highest BCUT2D eigenvalue weighted by molar-refractivity contribution is 8.04. The van der Waals surface area contributed by atoms with Crippen molar-refractivity contribution in [3.63, 3.8) is 0 Å². The Morgan fingerprint density at radius 2 is 1.85 bits per heavy atom. The predicted molar refractivity (Wildman–Crippen MR) is 124 cm³/mol. The number of aliphatic carboxylic acids is 1. The molecule has 2 N–H and O–H groups in total. The smallest absolute Gasteiger partial charge is 0.342 e. The Morgan fingerprint density at radius 3 is 2.45 bits per heavy atom. The fourth-order valence-electron chi connectivity index (χ4n) is 2.76. The number of hydrogen-bond acceptors (Lipinski definition) is 8. The third kappa shape index (κ3) is 5.99. The van der Waals surface area contributed by atoms with Gasteiger partial charge >= 0.3 is 5.97 Å². The van der Waals surface area contributed by atoms with E-state index >= 15 is 0 Å². The van der Waals surface area contributed by atoms with Crippen LogP contribution in [0.2, 0.25) is 0 Å². The predicted octanol–water partition coefficient (Wildman–Crippen LogP) is 3.73. The van der Waals surface area contributed by atoms with Gasteiger partial charge in [0.25, 0.3) is 0 Å². The molecule has 0 saturated carbocycles. The Morgan fingerprint density at radius 1 is 1.12 bits per heavy atom. The lowest BCUT2D eigenvalue weighted by molar-refractivity contribution is -0.131. The Hall–Kier alpha value is -4.10. The molecular formula is C23H21N3O6S. The topological polar surface area (TPSA) is 116 Å². The lowest BCUT2D eigenvalue weighted by atomic mass is 10.2. The van der Waals surface area contributed by atoms with E-state index in [1.54, 1.807) is 50.6 Å². The van der Waals surface area contributed by atoms with Gasteiger partial charge < -0.3 is 24.1 Å². The van der Waals surface area contributed by atoms with Gasteiger partial charge in [-0.25, -0.2) is 9.78 Å². The first-order chi connectivity index (χ1) is 16.0. The number of benzene rings is 2. The van der Waals surface area contributed by atoms with Gasteiger partial charge in [-0.1, -0.05) is 12.0 Å². The number of carbonyl (C=O) groups is 1. The van der Waals surface area contributed by atoms with Gasteiger partial charge in [0, 0.05) is 11.6 Å². The molecule has 0 unspecified atom stereocenters. The summed E-state index contributed by atoms with van der Waals surface area (Å²) >= 11 is 0.906. The molecule has 0 aliphatic carbocycles. The van der Waals surface area contributed by atoms with Crippen molar-refractivity contribution >= 4 is 23.8 Å². The van der Waals surface area contributed by atoms with Crippen molar-refractivity contribution in [3.05, 3.63) is 46.9 Å². The summed E-state index contributed by atoms with van der Waals surface area (Å²) in [6.45, 7) is 0.0914. The molecule has 0 aliphatic heterocycles. The van der Waals surface area contributed by atoms with Crippen LogP contribution >= 0.6 is 11.8 Å². The first kappa shape index (κ1) is 23.6. The second kappa shape index (κ2) is 11.0. The number of hydrogen-bond donors (Lipinski definition) is 2. The van der Waals surface area contributed by atoms with Crippen LogP contribution < -0.4 is 18.9 Å². The summed E-state index contributed by atoms with van der Waals surface area (Å²) in [5, 5.41) is 16.9. The van der Waals surface area contributed by atoms with Crippen molar-refractivity contribution < 1.29 is 28.8 Å². The third-order valence-electron chi connectivity index (χ3n) is 4.30. The number of nitrogens with zero attached hydrogens (tertiary/aromatic N) is 2. The van der Waals surface area contributed by atoms with E-state index in [-0.39, 0.29) is 16.7 Å². The molecule has 0 saturated heterocycles. The number of terminal acetylenes is 1. The van der Waals surface area contributed by atoms with Gasteiger partial charge in [0.2, 0.25) is 5.16 Å². The molecule has 0 radical (unpaired) electrons. The minimum absolute atomic E-state index is 0.0168. The van der Waals surface area contributed by atoms with Crippen LogP contribution in [0.5, 0.6) is 23.0 Å². The van der Waals surface area contributed by atoms with Crippen molar-refractivity contribution in [2.75, 3.05) is 27.9 Å². The summed E-state index contributed by atoms with van der Waals surface area (Å²) in [6, 6.07) is 10.3. The lowest BCUT2D eigenvalue weighted by Gasteiger charge is -2.09. The Bertz CT molecular complexity index is 1190. The number of thioether (sulfide) groups is 1. The molecule has 33 heavy (non-hydrogen) atoms. The molecule has 0 aliphatic rings. The van der Waals surface area contributed by atoms with E-state index in [1.807, 2.05) is 0 Å². The van der Waals surface area contributed by atoms with Crippen molar-refractivity contribution in [2.24, 2.45) is 0 Å². The summed E-state index contributed by atoms with van der Waals surface area (Å²) in [7, 11) is 4.58. The Kier molecular flexibility index (Phi) is 7.83. The molecule has 170 valence electrons. The quantitative estimate of drug-likeness (QED) is 0.261. The van der Waals surface area contributed by atoms with Gasteiger partial charge in [-0.3, -0.25) is 5.10 Å². The van der Waals surface area contributed by atoms with Crippen LogP contribution in [0.15, 0.2) is 46.5 Å². The average Bonchev–Trinajstić information content (AvgIpc) is 3.30. The van der Waals surface area contributed by atoms with Crippen LogP contribution in [0, 0.1) is 12.3 Å². The van der Waals surface area contributed by atoms with Crippen molar-refractivity contribution in [1.29, 1.82) is 0 Å². The maximum absolute atomic E-state index is 11.8. The summed E-state index contributed by atoms with van der Waals surface area (Å²) in [4.78, 5) is 16.3. The molecule has 0 bridgehead atoms. The maximum Gasteiger partial charge on any atom is 0.342 e.